The van der Waals surface area contributed by atoms with Crippen LogP contribution in [-0.4, -0.2) is 34.5 Å². The second-order valence-electron chi connectivity index (χ2n) is 12.1. The minimum atomic E-state index is -3.53. The highest BCUT2D eigenvalue weighted by Gasteiger charge is 2.54. The summed E-state index contributed by atoms with van der Waals surface area (Å²) in [4.78, 5) is 18.6. The maximum absolute atomic E-state index is 15.6. The van der Waals surface area contributed by atoms with Crippen LogP contribution in [0.5, 0.6) is 0 Å². The fourth-order valence-corrected chi connectivity index (χ4v) is 9.74. The molecule has 0 aliphatic carbocycles. The van der Waals surface area contributed by atoms with Gasteiger partial charge in [0, 0.05) is 33.0 Å². The van der Waals surface area contributed by atoms with E-state index in [9.17, 15) is 4.79 Å². The zero-order chi connectivity index (χ0) is 31.5. The van der Waals surface area contributed by atoms with Crippen LogP contribution in [0.25, 0.3) is 21.5 Å². The molecular weight excluding hydrogens is 587 g/mol. The number of urea groups is 1. The van der Waals surface area contributed by atoms with Gasteiger partial charge in [-0.1, -0.05) is 133 Å². The molecule has 0 aromatic heterocycles. The Balaban J connectivity index is 1.34. The third-order valence-electron chi connectivity index (χ3n) is 9.18. The van der Waals surface area contributed by atoms with Crippen LogP contribution in [0.4, 0.5) is 4.79 Å². The molecule has 0 bridgehead atoms. The van der Waals surface area contributed by atoms with Crippen LogP contribution in [0.3, 0.4) is 0 Å². The first-order valence-electron chi connectivity index (χ1n) is 15.8. The predicted octanol–water partition coefficient (Wildman–Crippen LogP) is 9.49. The molecule has 1 heterocycles. The lowest BCUT2D eigenvalue weighted by Gasteiger charge is -2.50. The molecule has 1 fully saturated rings. The summed E-state index contributed by atoms with van der Waals surface area (Å²) in [7, 11) is -1.98. The molecule has 5 nitrogen and oxygen atoms in total. The number of nitrogens with zero attached hydrogens (tertiary/aromatic N) is 2. The van der Waals surface area contributed by atoms with E-state index in [-0.39, 0.29) is 6.03 Å². The smallest absolute Gasteiger partial charge is 0.322 e. The monoisotopic (exact) mass is 624 g/mol. The van der Waals surface area contributed by atoms with Crippen molar-refractivity contribution in [3.8, 4) is 0 Å². The summed E-state index contributed by atoms with van der Waals surface area (Å²) < 4.78 is 21.8. The van der Waals surface area contributed by atoms with E-state index in [2.05, 4.69) is 60.7 Å². The first-order chi connectivity index (χ1) is 22.5. The van der Waals surface area contributed by atoms with Crippen molar-refractivity contribution in [2.75, 3.05) is 7.11 Å². The number of amides is 2. The summed E-state index contributed by atoms with van der Waals surface area (Å²) in [5, 5.41) is 4.49. The molecule has 1 saturated heterocycles. The van der Waals surface area contributed by atoms with Gasteiger partial charge in [-0.3, -0.25) is 4.57 Å². The van der Waals surface area contributed by atoms with Crippen LogP contribution in [-0.2, 0) is 35.0 Å². The van der Waals surface area contributed by atoms with Gasteiger partial charge in [0.15, 0.2) is 0 Å². The summed E-state index contributed by atoms with van der Waals surface area (Å²) in [6.07, 6.45) is 0.862. The molecule has 6 aromatic rings. The Bertz CT molecular complexity index is 1890. The Morgan fingerprint density at radius 3 is 1.33 bits per heavy atom. The zero-order valence-corrected chi connectivity index (χ0v) is 26.8. The van der Waals surface area contributed by atoms with Gasteiger partial charge in [0.2, 0.25) is 7.37 Å². The van der Waals surface area contributed by atoms with Crippen LogP contribution in [0.1, 0.15) is 22.3 Å². The van der Waals surface area contributed by atoms with Gasteiger partial charge in [0.25, 0.3) is 0 Å². The van der Waals surface area contributed by atoms with Gasteiger partial charge in [0.1, 0.15) is 11.6 Å². The topological polar surface area (TPSA) is 49.9 Å². The highest BCUT2D eigenvalue weighted by molar-refractivity contribution is 7.60. The lowest BCUT2D eigenvalue weighted by molar-refractivity contribution is 0.109. The third kappa shape index (κ3) is 5.97. The molecular formula is C40H37N2O3P. The molecule has 46 heavy (non-hydrogen) atoms. The quantitative estimate of drug-likeness (QED) is 0.151. The number of rotatable bonds is 9. The van der Waals surface area contributed by atoms with E-state index in [1.165, 1.54) is 0 Å². The Kier molecular flexibility index (Phi) is 8.45. The van der Waals surface area contributed by atoms with Crippen LogP contribution in [0.15, 0.2) is 146 Å². The molecule has 2 unspecified atom stereocenters. The van der Waals surface area contributed by atoms with Crippen molar-refractivity contribution in [2.24, 2.45) is 0 Å². The predicted molar refractivity (Wildman–Crippen MR) is 187 cm³/mol. The summed E-state index contributed by atoms with van der Waals surface area (Å²) in [5.74, 6) is -1.28. The molecule has 1 aliphatic rings. The van der Waals surface area contributed by atoms with Crippen LogP contribution in [0, 0.1) is 0 Å². The third-order valence-corrected chi connectivity index (χ3v) is 12.3. The summed E-state index contributed by atoms with van der Waals surface area (Å²) >= 11 is 0. The first kappa shape index (κ1) is 30.0. The van der Waals surface area contributed by atoms with Crippen molar-refractivity contribution in [3.63, 3.8) is 0 Å². The molecule has 0 N–H and O–H groups in total. The van der Waals surface area contributed by atoms with Gasteiger partial charge in [-0.2, -0.15) is 0 Å². The molecule has 0 spiro atoms. The van der Waals surface area contributed by atoms with Gasteiger partial charge < -0.3 is 14.3 Å². The average molecular weight is 625 g/mol. The number of fused-ring (bicyclic) bond motifs is 2. The van der Waals surface area contributed by atoms with E-state index in [1.807, 2.05) is 94.7 Å². The van der Waals surface area contributed by atoms with Gasteiger partial charge >= 0.3 is 6.03 Å². The lowest BCUT2D eigenvalue weighted by atomic mass is 10.1. The number of hydrogen-bond donors (Lipinski definition) is 0. The van der Waals surface area contributed by atoms with Crippen molar-refractivity contribution in [1.82, 2.24) is 9.80 Å². The van der Waals surface area contributed by atoms with Crippen LogP contribution < -0.4 is 0 Å². The van der Waals surface area contributed by atoms with E-state index in [1.54, 1.807) is 7.11 Å². The van der Waals surface area contributed by atoms with Crippen molar-refractivity contribution < 1.29 is 13.9 Å². The minimum absolute atomic E-state index is 0.133. The summed E-state index contributed by atoms with van der Waals surface area (Å²) in [6.45, 7) is 0.640. The molecule has 0 radical (unpaired) electrons. The van der Waals surface area contributed by atoms with E-state index in [0.29, 0.717) is 25.9 Å². The fraction of sp³-hybridized carbons (Fsp3) is 0.175. The molecule has 230 valence electrons. The van der Waals surface area contributed by atoms with Gasteiger partial charge in [-0.15, -0.1) is 0 Å². The number of benzene rings is 6. The van der Waals surface area contributed by atoms with Crippen molar-refractivity contribution in [1.29, 1.82) is 0 Å². The Hall–Kier alpha value is -4.70. The average Bonchev–Trinajstić information content (AvgIpc) is 3.11. The minimum Gasteiger partial charge on any atom is -0.329 e. The first-order valence-corrected chi connectivity index (χ1v) is 17.5. The Morgan fingerprint density at radius 1 is 0.522 bits per heavy atom. The molecule has 2 atom stereocenters. The maximum atomic E-state index is 15.6. The SMILES string of the molecule is COP1(=O)C(Cc2ccccc2)N(Cc2ccc3ccccc3c2)C(=O)N(Cc2ccc3ccccc3c2)C1Cc1ccccc1. The van der Waals surface area contributed by atoms with Crippen molar-refractivity contribution in [3.05, 3.63) is 168 Å². The Morgan fingerprint density at radius 2 is 0.913 bits per heavy atom. The molecule has 6 heteroatoms. The van der Waals surface area contributed by atoms with Crippen LogP contribution in [0.2, 0.25) is 0 Å². The van der Waals surface area contributed by atoms with Crippen molar-refractivity contribution >= 4 is 34.9 Å². The fourth-order valence-electron chi connectivity index (χ4n) is 6.79. The van der Waals surface area contributed by atoms with Gasteiger partial charge in [-0.25, -0.2) is 4.79 Å². The second kappa shape index (κ2) is 13.0. The summed E-state index contributed by atoms with van der Waals surface area (Å²) in [6, 6.07) is 48.9. The van der Waals surface area contributed by atoms with E-state index in [4.69, 9.17) is 4.52 Å². The number of carbonyl (C=O) groups is 1. The normalized spacial score (nSPS) is 20.0. The van der Waals surface area contributed by atoms with Gasteiger partial charge in [0.05, 0.1) is 0 Å². The molecule has 7 rings (SSSR count). The van der Waals surface area contributed by atoms with E-state index < -0.39 is 18.9 Å². The Labute approximate surface area is 270 Å². The number of hydrogen-bond acceptors (Lipinski definition) is 3. The van der Waals surface area contributed by atoms with E-state index in [0.717, 1.165) is 43.8 Å². The largest absolute Gasteiger partial charge is 0.329 e. The summed E-state index contributed by atoms with van der Waals surface area (Å²) in [5.41, 5.74) is 4.00. The molecule has 6 aromatic carbocycles. The second-order valence-corrected chi connectivity index (χ2v) is 14.9. The van der Waals surface area contributed by atoms with Gasteiger partial charge in [-0.05, 0) is 55.9 Å². The standard InChI is InChI=1S/C40H37N2O3P/c1-45-46(44)38(26-30-12-4-2-5-13-30)41(28-32-20-22-34-16-8-10-18-36(34)24-32)40(43)42(39(46)27-31-14-6-3-7-15-31)29-33-21-23-35-17-9-11-19-37(35)25-33/h2-25,38-39H,26-29H2,1H3. The lowest BCUT2D eigenvalue weighted by Crippen LogP contribution is -2.58. The highest BCUT2D eigenvalue weighted by atomic mass is 31.2. The number of carbonyl (C=O) groups excluding carboxylic acids is 1. The molecule has 2 amide bonds. The van der Waals surface area contributed by atoms with E-state index >= 15 is 4.57 Å². The zero-order valence-electron chi connectivity index (χ0n) is 25.9. The van der Waals surface area contributed by atoms with Crippen molar-refractivity contribution in [2.45, 2.75) is 37.5 Å². The highest BCUT2D eigenvalue weighted by Crippen LogP contribution is 2.62. The molecule has 0 saturated carbocycles. The maximum Gasteiger partial charge on any atom is 0.322 e. The molecule has 1 aliphatic heterocycles. The van der Waals surface area contributed by atoms with Crippen LogP contribution >= 0.6 is 7.37 Å².